The number of nitrogens with two attached hydrogens (primary N) is 1. The van der Waals surface area contributed by atoms with Crippen molar-refractivity contribution < 1.29 is 9.59 Å². The molecule has 18 heavy (non-hydrogen) atoms. The van der Waals surface area contributed by atoms with E-state index in [0.717, 1.165) is 25.8 Å². The molecule has 0 spiro atoms. The van der Waals surface area contributed by atoms with Gasteiger partial charge in [-0.3, -0.25) is 9.59 Å². The van der Waals surface area contributed by atoms with Crippen LogP contribution < -0.4 is 11.1 Å². The van der Waals surface area contributed by atoms with Crippen LogP contribution in [0.4, 0.5) is 0 Å². The highest BCUT2D eigenvalue weighted by Crippen LogP contribution is 2.43. The molecule has 5 heteroatoms. The van der Waals surface area contributed by atoms with Crippen molar-refractivity contribution >= 4 is 11.8 Å². The van der Waals surface area contributed by atoms with Crippen LogP contribution in [-0.4, -0.2) is 42.4 Å². The standard InChI is InChI=1S/C13H23N3O2/c1-13(2)5-3-4-9(13)12(18)16-7-6-15-8-10(16)11(14)17/h9-10,15H,3-8H2,1-2H3,(H2,14,17). The second-order valence-electron chi connectivity index (χ2n) is 6.09. The Balaban J connectivity index is 2.13. The van der Waals surface area contributed by atoms with E-state index in [1.807, 2.05) is 0 Å². The van der Waals surface area contributed by atoms with Crippen LogP contribution in [0.3, 0.4) is 0 Å². The molecule has 1 saturated carbocycles. The molecule has 1 aliphatic carbocycles. The van der Waals surface area contributed by atoms with Crippen molar-refractivity contribution in [1.82, 2.24) is 10.2 Å². The summed E-state index contributed by atoms with van der Waals surface area (Å²) in [6.07, 6.45) is 3.11. The van der Waals surface area contributed by atoms with Crippen molar-refractivity contribution in [3.05, 3.63) is 0 Å². The van der Waals surface area contributed by atoms with Crippen LogP contribution in [0.5, 0.6) is 0 Å². The zero-order chi connectivity index (χ0) is 13.3. The highest BCUT2D eigenvalue weighted by molar-refractivity contribution is 5.88. The molecule has 3 N–H and O–H groups in total. The van der Waals surface area contributed by atoms with Crippen molar-refractivity contribution in [2.75, 3.05) is 19.6 Å². The van der Waals surface area contributed by atoms with Gasteiger partial charge in [-0.05, 0) is 18.3 Å². The van der Waals surface area contributed by atoms with Crippen LogP contribution in [0, 0.1) is 11.3 Å². The molecule has 1 saturated heterocycles. The minimum atomic E-state index is -0.484. The molecular formula is C13H23N3O2. The van der Waals surface area contributed by atoms with Gasteiger partial charge in [0.2, 0.25) is 11.8 Å². The quantitative estimate of drug-likeness (QED) is 0.733. The third-order valence-electron chi connectivity index (χ3n) is 4.41. The van der Waals surface area contributed by atoms with E-state index in [0.29, 0.717) is 13.1 Å². The molecule has 1 heterocycles. The lowest BCUT2D eigenvalue weighted by Gasteiger charge is -2.38. The average Bonchev–Trinajstić information content (AvgIpc) is 2.68. The fourth-order valence-corrected chi connectivity index (χ4v) is 3.21. The van der Waals surface area contributed by atoms with E-state index >= 15 is 0 Å². The Morgan fingerprint density at radius 1 is 1.39 bits per heavy atom. The van der Waals surface area contributed by atoms with Gasteiger partial charge in [-0.1, -0.05) is 20.3 Å². The van der Waals surface area contributed by atoms with E-state index in [4.69, 9.17) is 5.73 Å². The van der Waals surface area contributed by atoms with E-state index in [2.05, 4.69) is 19.2 Å². The highest BCUT2D eigenvalue weighted by atomic mass is 16.2. The smallest absolute Gasteiger partial charge is 0.241 e. The summed E-state index contributed by atoms with van der Waals surface area (Å²) in [4.78, 5) is 25.7. The molecule has 1 aliphatic heterocycles. The van der Waals surface area contributed by atoms with Gasteiger partial charge in [-0.15, -0.1) is 0 Å². The number of primary amides is 1. The normalized spacial score (nSPS) is 31.3. The van der Waals surface area contributed by atoms with Gasteiger partial charge in [0.1, 0.15) is 6.04 Å². The Morgan fingerprint density at radius 3 is 2.67 bits per heavy atom. The Kier molecular flexibility index (Phi) is 3.61. The molecule has 0 aromatic rings. The van der Waals surface area contributed by atoms with Crippen molar-refractivity contribution in [2.45, 2.75) is 39.2 Å². The van der Waals surface area contributed by atoms with Gasteiger partial charge in [0.15, 0.2) is 0 Å². The van der Waals surface area contributed by atoms with Crippen molar-refractivity contribution in [2.24, 2.45) is 17.1 Å². The Morgan fingerprint density at radius 2 is 2.11 bits per heavy atom. The zero-order valence-corrected chi connectivity index (χ0v) is 11.2. The molecule has 0 bridgehead atoms. The number of hydrogen-bond acceptors (Lipinski definition) is 3. The lowest BCUT2D eigenvalue weighted by molar-refractivity contribution is -0.146. The van der Waals surface area contributed by atoms with E-state index in [9.17, 15) is 9.59 Å². The van der Waals surface area contributed by atoms with Gasteiger partial charge in [0, 0.05) is 25.6 Å². The lowest BCUT2D eigenvalue weighted by Crippen LogP contribution is -2.60. The van der Waals surface area contributed by atoms with Gasteiger partial charge in [0.05, 0.1) is 0 Å². The molecular weight excluding hydrogens is 230 g/mol. The van der Waals surface area contributed by atoms with Crippen LogP contribution in [0.25, 0.3) is 0 Å². The largest absolute Gasteiger partial charge is 0.368 e. The summed E-state index contributed by atoms with van der Waals surface area (Å²) in [6.45, 7) is 6.09. The number of nitrogens with zero attached hydrogens (tertiary/aromatic N) is 1. The maximum atomic E-state index is 12.6. The summed E-state index contributed by atoms with van der Waals surface area (Å²) in [5.74, 6) is -0.258. The van der Waals surface area contributed by atoms with E-state index < -0.39 is 11.9 Å². The maximum absolute atomic E-state index is 12.6. The zero-order valence-electron chi connectivity index (χ0n) is 11.2. The number of carbonyl (C=O) groups is 2. The minimum absolute atomic E-state index is 0.0393. The number of rotatable bonds is 2. The minimum Gasteiger partial charge on any atom is -0.368 e. The van der Waals surface area contributed by atoms with Gasteiger partial charge < -0.3 is 16.0 Å². The fourth-order valence-electron chi connectivity index (χ4n) is 3.21. The Labute approximate surface area is 108 Å². The summed E-state index contributed by atoms with van der Waals surface area (Å²) in [5.41, 5.74) is 5.43. The van der Waals surface area contributed by atoms with Crippen molar-refractivity contribution in [3.63, 3.8) is 0 Å². The van der Waals surface area contributed by atoms with E-state index in [1.165, 1.54) is 0 Å². The summed E-state index contributed by atoms with van der Waals surface area (Å²) in [7, 11) is 0. The third kappa shape index (κ3) is 2.36. The lowest BCUT2D eigenvalue weighted by atomic mass is 9.80. The number of piperazine rings is 1. The summed E-state index contributed by atoms with van der Waals surface area (Å²) >= 11 is 0. The van der Waals surface area contributed by atoms with Crippen LogP contribution in [0.15, 0.2) is 0 Å². The molecule has 5 nitrogen and oxygen atoms in total. The molecule has 2 atom stereocenters. The summed E-state index contributed by atoms with van der Waals surface area (Å²) in [6, 6.07) is -0.484. The number of nitrogens with one attached hydrogen (secondary N) is 1. The Bertz CT molecular complexity index is 354. The van der Waals surface area contributed by atoms with Crippen molar-refractivity contribution in [3.8, 4) is 0 Å². The third-order valence-corrected chi connectivity index (χ3v) is 4.41. The number of carbonyl (C=O) groups excluding carboxylic acids is 2. The van der Waals surface area contributed by atoms with Crippen LogP contribution in [0.1, 0.15) is 33.1 Å². The summed E-state index contributed by atoms with van der Waals surface area (Å²) in [5, 5.41) is 3.12. The monoisotopic (exact) mass is 253 g/mol. The molecule has 2 amide bonds. The second-order valence-corrected chi connectivity index (χ2v) is 6.09. The fraction of sp³-hybridized carbons (Fsp3) is 0.846. The molecule has 0 aromatic carbocycles. The number of hydrogen-bond donors (Lipinski definition) is 2. The molecule has 2 fully saturated rings. The second kappa shape index (κ2) is 4.88. The van der Waals surface area contributed by atoms with Gasteiger partial charge >= 0.3 is 0 Å². The topological polar surface area (TPSA) is 75.4 Å². The number of amides is 2. The maximum Gasteiger partial charge on any atom is 0.241 e. The molecule has 2 aliphatic rings. The van der Waals surface area contributed by atoms with Crippen molar-refractivity contribution in [1.29, 1.82) is 0 Å². The molecule has 0 radical (unpaired) electrons. The highest BCUT2D eigenvalue weighted by Gasteiger charge is 2.43. The first-order valence-corrected chi connectivity index (χ1v) is 6.74. The van der Waals surface area contributed by atoms with Crippen LogP contribution in [-0.2, 0) is 9.59 Å². The van der Waals surface area contributed by atoms with E-state index in [-0.39, 0.29) is 17.2 Å². The first-order chi connectivity index (χ1) is 8.43. The Hall–Kier alpha value is -1.10. The predicted molar refractivity (Wildman–Crippen MR) is 68.7 cm³/mol. The predicted octanol–water partition coefficient (Wildman–Crippen LogP) is 0.0984. The summed E-state index contributed by atoms with van der Waals surface area (Å²) < 4.78 is 0. The van der Waals surface area contributed by atoms with Gasteiger partial charge in [-0.25, -0.2) is 0 Å². The van der Waals surface area contributed by atoms with Crippen LogP contribution in [0.2, 0.25) is 0 Å². The molecule has 2 rings (SSSR count). The average molecular weight is 253 g/mol. The van der Waals surface area contributed by atoms with Gasteiger partial charge in [-0.2, -0.15) is 0 Å². The van der Waals surface area contributed by atoms with Crippen LogP contribution >= 0.6 is 0 Å². The molecule has 0 aromatic heterocycles. The van der Waals surface area contributed by atoms with Gasteiger partial charge in [0.25, 0.3) is 0 Å². The molecule has 102 valence electrons. The first kappa shape index (κ1) is 13.3. The van der Waals surface area contributed by atoms with E-state index in [1.54, 1.807) is 4.90 Å². The SMILES string of the molecule is CC1(C)CCCC1C(=O)N1CCNCC1C(N)=O. The molecule has 2 unspecified atom stereocenters. The first-order valence-electron chi connectivity index (χ1n) is 6.74.